The molecule has 5 rings (SSSR count). The van der Waals surface area contributed by atoms with E-state index < -0.39 is 5.60 Å². The molecule has 6 heteroatoms. The molecule has 3 saturated carbocycles. The van der Waals surface area contributed by atoms with Crippen LogP contribution in [0.3, 0.4) is 0 Å². The maximum Gasteiger partial charge on any atom is 0.407 e. The van der Waals surface area contributed by atoms with Gasteiger partial charge in [0.2, 0.25) is 0 Å². The molecule has 1 amide bonds. The molecule has 2 N–H and O–H groups in total. The molecular weight excluding hydrogens is 538 g/mol. The number of halogens is 1. The molecule has 0 spiro atoms. The molecule has 1 aromatic heterocycles. The molecule has 3 aliphatic carbocycles. The summed E-state index contributed by atoms with van der Waals surface area (Å²) in [7, 11) is 0. The van der Waals surface area contributed by atoms with Crippen molar-refractivity contribution < 1.29 is 9.53 Å². The third kappa shape index (κ3) is 7.35. The molecular formula is C32H48BrN3O2. The topological polar surface area (TPSA) is 55.3 Å². The number of aromatic nitrogens is 1. The van der Waals surface area contributed by atoms with Crippen LogP contribution in [0.1, 0.15) is 116 Å². The molecule has 0 unspecified atom stereocenters. The lowest BCUT2D eigenvalue weighted by atomic mass is 9.81. The summed E-state index contributed by atoms with van der Waals surface area (Å²) >= 11 is 3.74. The van der Waals surface area contributed by atoms with Crippen LogP contribution in [0.5, 0.6) is 0 Å². The number of fused-ring (bicyclic) bond motifs is 1. The second-order valence-electron chi connectivity index (χ2n) is 13.3. The molecule has 3 aliphatic rings. The van der Waals surface area contributed by atoms with Crippen molar-refractivity contribution >= 4 is 32.9 Å². The van der Waals surface area contributed by atoms with Gasteiger partial charge in [0, 0.05) is 46.2 Å². The van der Waals surface area contributed by atoms with E-state index in [1.54, 1.807) is 5.56 Å². The zero-order valence-electron chi connectivity index (χ0n) is 23.7. The standard InChI is InChI=1S/C32H48BrN3O2/c1-32(2,3)38-31(37)35-27-16-14-26(15-17-27)34-25-12-9-23(10-13-25)29-21-36(20-22-7-5-4-6-8-22)30-18-11-24(33)19-28(29)30/h11,18-19,21-23,25-27,34H,4-10,12-17,20H2,1-3H3,(H,35,37). The summed E-state index contributed by atoms with van der Waals surface area (Å²) in [5.74, 6) is 1.50. The normalized spacial score (nSPS) is 27.4. The van der Waals surface area contributed by atoms with Gasteiger partial charge in [0.15, 0.2) is 0 Å². The Balaban J connectivity index is 1.13. The molecule has 3 fully saturated rings. The van der Waals surface area contributed by atoms with Crippen LogP contribution in [0.15, 0.2) is 28.9 Å². The number of hydrogen-bond donors (Lipinski definition) is 2. The van der Waals surface area contributed by atoms with Crippen LogP contribution >= 0.6 is 15.9 Å². The smallest absolute Gasteiger partial charge is 0.407 e. The number of benzene rings is 1. The highest BCUT2D eigenvalue weighted by atomic mass is 79.9. The van der Waals surface area contributed by atoms with Crippen molar-refractivity contribution in [1.82, 2.24) is 15.2 Å². The van der Waals surface area contributed by atoms with E-state index in [1.807, 2.05) is 20.8 Å². The van der Waals surface area contributed by atoms with Crippen molar-refractivity contribution in [3.05, 3.63) is 34.4 Å². The van der Waals surface area contributed by atoms with Gasteiger partial charge in [-0.25, -0.2) is 4.79 Å². The fraction of sp³-hybridized carbons (Fsp3) is 0.719. The first kappa shape index (κ1) is 28.0. The molecule has 0 saturated heterocycles. The second kappa shape index (κ2) is 12.3. The number of alkyl carbamates (subject to hydrolysis) is 1. The van der Waals surface area contributed by atoms with E-state index >= 15 is 0 Å². The zero-order chi connectivity index (χ0) is 26.7. The van der Waals surface area contributed by atoms with E-state index in [0.29, 0.717) is 18.0 Å². The predicted octanol–water partition coefficient (Wildman–Crippen LogP) is 8.44. The van der Waals surface area contributed by atoms with Crippen molar-refractivity contribution in [2.24, 2.45) is 5.92 Å². The van der Waals surface area contributed by atoms with E-state index in [-0.39, 0.29) is 12.1 Å². The maximum atomic E-state index is 12.1. The van der Waals surface area contributed by atoms with Gasteiger partial charge >= 0.3 is 6.09 Å². The SMILES string of the molecule is CC(C)(C)OC(=O)NC1CCC(NC2CCC(c3cn(CC4CCCCC4)c4ccc(Br)cc34)CC2)CC1. The molecule has 0 atom stereocenters. The summed E-state index contributed by atoms with van der Waals surface area (Å²) in [5, 5.41) is 8.53. The van der Waals surface area contributed by atoms with Crippen LogP contribution in [0.2, 0.25) is 0 Å². The first-order chi connectivity index (χ1) is 18.2. The average Bonchev–Trinajstić information content (AvgIpc) is 3.22. The highest BCUT2D eigenvalue weighted by molar-refractivity contribution is 9.10. The molecule has 1 aromatic carbocycles. The van der Waals surface area contributed by atoms with Gasteiger partial charge in [-0.1, -0.05) is 35.2 Å². The minimum absolute atomic E-state index is 0.240. The average molecular weight is 587 g/mol. The van der Waals surface area contributed by atoms with Gasteiger partial charge in [0.05, 0.1) is 0 Å². The Morgan fingerprint density at radius 2 is 1.55 bits per heavy atom. The van der Waals surface area contributed by atoms with Crippen LogP contribution in [0.4, 0.5) is 4.79 Å². The third-order valence-corrected chi connectivity index (χ3v) is 9.63. The number of nitrogens with zero attached hydrogens (tertiary/aromatic N) is 1. The lowest BCUT2D eigenvalue weighted by Gasteiger charge is -2.35. The summed E-state index contributed by atoms with van der Waals surface area (Å²) in [4.78, 5) is 12.1. The number of amides is 1. The minimum atomic E-state index is -0.442. The molecule has 5 nitrogen and oxygen atoms in total. The van der Waals surface area contributed by atoms with E-state index in [9.17, 15) is 4.79 Å². The van der Waals surface area contributed by atoms with Gasteiger partial charge in [-0.15, -0.1) is 0 Å². The maximum absolute atomic E-state index is 12.1. The Hall–Kier alpha value is -1.53. The van der Waals surface area contributed by atoms with Crippen LogP contribution in [0, 0.1) is 5.92 Å². The monoisotopic (exact) mass is 585 g/mol. The van der Waals surface area contributed by atoms with Crippen molar-refractivity contribution in [3.63, 3.8) is 0 Å². The van der Waals surface area contributed by atoms with Gasteiger partial charge in [0.1, 0.15) is 5.60 Å². The number of carbonyl (C=O) groups is 1. The predicted molar refractivity (Wildman–Crippen MR) is 160 cm³/mol. The second-order valence-corrected chi connectivity index (χ2v) is 14.2. The molecule has 38 heavy (non-hydrogen) atoms. The first-order valence-corrected chi connectivity index (χ1v) is 16.1. The first-order valence-electron chi connectivity index (χ1n) is 15.3. The van der Waals surface area contributed by atoms with E-state index in [0.717, 1.165) is 31.6 Å². The highest BCUT2D eigenvalue weighted by Crippen LogP contribution is 2.39. The Labute approximate surface area is 238 Å². The number of hydrogen-bond acceptors (Lipinski definition) is 3. The van der Waals surface area contributed by atoms with E-state index in [1.165, 1.54) is 79.7 Å². The van der Waals surface area contributed by atoms with E-state index in [4.69, 9.17) is 4.74 Å². The largest absolute Gasteiger partial charge is 0.444 e. The summed E-state index contributed by atoms with van der Waals surface area (Å²) in [6.45, 7) is 6.92. The minimum Gasteiger partial charge on any atom is -0.444 e. The molecule has 210 valence electrons. The van der Waals surface area contributed by atoms with Gasteiger partial charge in [0.25, 0.3) is 0 Å². The number of nitrogens with one attached hydrogen (secondary N) is 2. The summed E-state index contributed by atoms with van der Waals surface area (Å²) in [6, 6.07) is 8.32. The van der Waals surface area contributed by atoms with E-state index in [2.05, 4.69) is 55.5 Å². The molecule has 0 bridgehead atoms. The highest BCUT2D eigenvalue weighted by Gasteiger charge is 2.29. The van der Waals surface area contributed by atoms with Gasteiger partial charge in [-0.3, -0.25) is 0 Å². The summed E-state index contributed by atoms with van der Waals surface area (Å²) in [5.41, 5.74) is 2.55. The molecule has 1 heterocycles. The van der Waals surface area contributed by atoms with Gasteiger partial charge in [-0.2, -0.15) is 0 Å². The van der Waals surface area contributed by atoms with Crippen LogP contribution in [-0.2, 0) is 11.3 Å². The Kier molecular flexibility index (Phi) is 9.09. The lowest BCUT2D eigenvalue weighted by Crippen LogP contribution is -2.46. The number of ether oxygens (including phenoxy) is 1. The quantitative estimate of drug-likeness (QED) is 0.357. The Morgan fingerprint density at radius 3 is 2.21 bits per heavy atom. The van der Waals surface area contributed by atoms with Crippen molar-refractivity contribution in [2.45, 2.75) is 140 Å². The molecule has 0 radical (unpaired) electrons. The van der Waals surface area contributed by atoms with Gasteiger partial charge in [-0.05, 0) is 121 Å². The van der Waals surface area contributed by atoms with Crippen LogP contribution in [0.25, 0.3) is 10.9 Å². The van der Waals surface area contributed by atoms with Crippen molar-refractivity contribution in [2.75, 3.05) is 0 Å². The van der Waals surface area contributed by atoms with Crippen LogP contribution < -0.4 is 10.6 Å². The van der Waals surface area contributed by atoms with Crippen molar-refractivity contribution in [3.8, 4) is 0 Å². The molecule has 2 aromatic rings. The third-order valence-electron chi connectivity index (χ3n) is 9.14. The van der Waals surface area contributed by atoms with Gasteiger partial charge < -0.3 is 19.9 Å². The van der Waals surface area contributed by atoms with Crippen molar-refractivity contribution in [1.29, 1.82) is 0 Å². The number of carbonyl (C=O) groups excluding carboxylic acids is 1. The lowest BCUT2D eigenvalue weighted by molar-refractivity contribution is 0.0489. The summed E-state index contributed by atoms with van der Waals surface area (Å²) in [6.07, 6.45) is 18.6. The zero-order valence-corrected chi connectivity index (χ0v) is 25.3. The molecule has 0 aliphatic heterocycles. The Morgan fingerprint density at radius 1 is 0.921 bits per heavy atom. The fourth-order valence-corrected chi connectivity index (χ4v) is 7.57. The summed E-state index contributed by atoms with van der Waals surface area (Å²) < 4.78 is 9.21. The Bertz CT molecular complexity index is 1070. The fourth-order valence-electron chi connectivity index (χ4n) is 7.20. The van der Waals surface area contributed by atoms with Crippen LogP contribution in [-0.4, -0.2) is 34.4 Å². The number of rotatable bonds is 6.